The smallest absolute Gasteiger partial charge is 0.416 e. The average molecular weight is 440 g/mol. The summed E-state index contributed by atoms with van der Waals surface area (Å²) in [7, 11) is -1.57. The number of hydrogen-bond donors (Lipinski definition) is 1. The van der Waals surface area contributed by atoms with Crippen LogP contribution in [0.4, 0.5) is 18.9 Å². The zero-order chi connectivity index (χ0) is 18.8. The third-order valence-corrected chi connectivity index (χ3v) is 4.96. The summed E-state index contributed by atoms with van der Waals surface area (Å²) in [6.07, 6.45) is -4.68. The van der Waals surface area contributed by atoms with Crippen LogP contribution in [0.25, 0.3) is 0 Å². The fourth-order valence-electron chi connectivity index (χ4n) is 1.98. The number of sulfonamides is 1. The minimum Gasteiger partial charge on any atom is -0.497 e. The Hall–Kier alpha value is -1.94. The molecule has 0 saturated carbocycles. The zero-order valence-corrected chi connectivity index (χ0v) is 15.4. The number of anilines is 1. The van der Waals surface area contributed by atoms with Crippen molar-refractivity contribution in [2.45, 2.75) is 11.1 Å². The monoisotopic (exact) mass is 439 g/mol. The summed E-state index contributed by atoms with van der Waals surface area (Å²) in [5.41, 5.74) is -1.05. The molecule has 136 valence electrons. The maximum atomic E-state index is 12.9. The quantitative estimate of drug-likeness (QED) is 0.754. The summed E-state index contributed by atoms with van der Waals surface area (Å²) >= 11 is 2.90. The fourth-order valence-corrected chi connectivity index (χ4v) is 3.75. The van der Waals surface area contributed by atoms with Gasteiger partial charge in [-0.3, -0.25) is 4.72 Å². The number of alkyl halides is 3. The van der Waals surface area contributed by atoms with Crippen LogP contribution in [0.3, 0.4) is 0 Å². The summed E-state index contributed by atoms with van der Waals surface area (Å²) in [6, 6.07) is 6.81. The molecule has 0 saturated heterocycles. The highest BCUT2D eigenvalue weighted by Crippen LogP contribution is 2.35. The van der Waals surface area contributed by atoms with Crippen molar-refractivity contribution in [3.8, 4) is 11.5 Å². The van der Waals surface area contributed by atoms with Crippen LogP contribution in [-0.4, -0.2) is 22.6 Å². The van der Waals surface area contributed by atoms with Gasteiger partial charge in [0.1, 0.15) is 11.5 Å². The number of ether oxygens (including phenoxy) is 2. The number of hydrogen-bond acceptors (Lipinski definition) is 4. The van der Waals surface area contributed by atoms with E-state index in [1.807, 2.05) is 0 Å². The van der Waals surface area contributed by atoms with Crippen molar-refractivity contribution in [1.82, 2.24) is 0 Å². The predicted molar refractivity (Wildman–Crippen MR) is 89.5 cm³/mol. The second-order valence-electron chi connectivity index (χ2n) is 4.85. The number of nitrogens with one attached hydrogen (secondary N) is 1. The van der Waals surface area contributed by atoms with Crippen LogP contribution in [0, 0.1) is 0 Å². The van der Waals surface area contributed by atoms with Crippen molar-refractivity contribution >= 4 is 31.6 Å². The van der Waals surface area contributed by atoms with E-state index in [1.165, 1.54) is 26.4 Å². The van der Waals surface area contributed by atoms with Crippen LogP contribution >= 0.6 is 15.9 Å². The molecule has 5 nitrogen and oxygen atoms in total. The Morgan fingerprint density at radius 3 is 2.28 bits per heavy atom. The van der Waals surface area contributed by atoms with E-state index in [1.54, 1.807) is 6.07 Å². The normalized spacial score (nSPS) is 11.9. The first-order valence-corrected chi connectivity index (χ1v) is 8.97. The molecule has 0 aliphatic heterocycles. The molecule has 2 aromatic rings. The molecule has 2 aromatic carbocycles. The number of rotatable bonds is 5. The van der Waals surface area contributed by atoms with Gasteiger partial charge < -0.3 is 9.47 Å². The molecule has 0 aromatic heterocycles. The van der Waals surface area contributed by atoms with Crippen LogP contribution in [0.2, 0.25) is 0 Å². The fraction of sp³-hybridized carbons (Fsp3) is 0.200. The highest BCUT2D eigenvalue weighted by molar-refractivity contribution is 9.10. The highest BCUT2D eigenvalue weighted by atomic mass is 79.9. The van der Waals surface area contributed by atoms with Crippen LogP contribution in [0.5, 0.6) is 11.5 Å². The molecule has 10 heteroatoms. The van der Waals surface area contributed by atoms with E-state index in [-0.39, 0.29) is 15.9 Å². The van der Waals surface area contributed by atoms with E-state index in [9.17, 15) is 21.6 Å². The average Bonchev–Trinajstić information content (AvgIpc) is 2.53. The molecule has 0 heterocycles. The van der Waals surface area contributed by atoms with Crippen LogP contribution in [-0.2, 0) is 16.2 Å². The molecule has 0 amide bonds. The Labute approximate surface area is 150 Å². The molecule has 0 atom stereocenters. The second kappa shape index (κ2) is 7.12. The molecule has 0 fully saturated rings. The highest BCUT2D eigenvalue weighted by Gasteiger charge is 2.32. The van der Waals surface area contributed by atoms with Gasteiger partial charge in [-0.05, 0) is 30.3 Å². The van der Waals surface area contributed by atoms with Gasteiger partial charge in [-0.15, -0.1) is 0 Å². The van der Waals surface area contributed by atoms with E-state index in [4.69, 9.17) is 9.47 Å². The lowest BCUT2D eigenvalue weighted by Gasteiger charge is -2.14. The van der Waals surface area contributed by atoms with E-state index in [0.717, 1.165) is 12.1 Å². The van der Waals surface area contributed by atoms with Gasteiger partial charge >= 0.3 is 6.18 Å². The Kier molecular flexibility index (Phi) is 5.52. The standard InChI is InChI=1S/C15H13BrF3NO4S/c1-23-11-3-4-14(24-2)13(8-11)20-25(21,22)12-6-9(15(17,18)19)5-10(16)7-12/h3-8,20H,1-2H3. The Balaban J connectivity index is 2.49. The van der Waals surface area contributed by atoms with E-state index < -0.39 is 26.7 Å². The molecule has 1 N–H and O–H groups in total. The van der Waals surface area contributed by atoms with Crippen LogP contribution in [0.1, 0.15) is 5.56 Å². The molecule has 0 aliphatic carbocycles. The molecule has 2 rings (SSSR count). The maximum Gasteiger partial charge on any atom is 0.416 e. The second-order valence-corrected chi connectivity index (χ2v) is 7.44. The van der Waals surface area contributed by atoms with Crippen molar-refractivity contribution in [2.24, 2.45) is 0 Å². The largest absolute Gasteiger partial charge is 0.497 e. The Bertz CT molecular complexity index is 885. The van der Waals surface area contributed by atoms with Gasteiger partial charge in [0.2, 0.25) is 0 Å². The lowest BCUT2D eigenvalue weighted by Crippen LogP contribution is -2.15. The molecule has 0 spiro atoms. The molecule has 0 aliphatic rings. The molecule has 0 radical (unpaired) electrons. The minimum atomic E-state index is -4.68. The molecular formula is C15H13BrF3NO4S. The van der Waals surface area contributed by atoms with Gasteiger partial charge in [-0.2, -0.15) is 13.2 Å². The van der Waals surface area contributed by atoms with Crippen LogP contribution < -0.4 is 14.2 Å². The van der Waals surface area contributed by atoms with Gasteiger partial charge in [0.25, 0.3) is 10.0 Å². The summed E-state index contributed by atoms with van der Waals surface area (Å²) in [4.78, 5) is -0.543. The Morgan fingerprint density at radius 2 is 1.72 bits per heavy atom. The molecule has 0 bridgehead atoms. The van der Waals surface area contributed by atoms with Gasteiger partial charge in [-0.25, -0.2) is 8.42 Å². The Morgan fingerprint density at radius 1 is 1.04 bits per heavy atom. The minimum absolute atomic E-state index is 0.0136. The van der Waals surface area contributed by atoms with Crippen molar-refractivity contribution in [2.75, 3.05) is 18.9 Å². The lowest BCUT2D eigenvalue weighted by molar-refractivity contribution is -0.137. The predicted octanol–water partition coefficient (Wildman–Crippen LogP) is 4.29. The zero-order valence-electron chi connectivity index (χ0n) is 13.0. The van der Waals surface area contributed by atoms with Gasteiger partial charge in [0.15, 0.2) is 0 Å². The SMILES string of the molecule is COc1ccc(OC)c(NS(=O)(=O)c2cc(Br)cc(C(F)(F)F)c2)c1. The molecule has 25 heavy (non-hydrogen) atoms. The van der Waals surface area contributed by atoms with E-state index >= 15 is 0 Å². The van der Waals surface area contributed by atoms with E-state index in [2.05, 4.69) is 20.7 Å². The topological polar surface area (TPSA) is 64.6 Å². The van der Waals surface area contributed by atoms with Gasteiger partial charge in [0, 0.05) is 10.5 Å². The first kappa shape index (κ1) is 19.4. The number of benzene rings is 2. The molecule has 0 unspecified atom stereocenters. The molecular weight excluding hydrogens is 427 g/mol. The lowest BCUT2D eigenvalue weighted by atomic mass is 10.2. The summed E-state index contributed by atoms with van der Waals surface area (Å²) in [5.74, 6) is 0.541. The third kappa shape index (κ3) is 4.57. The third-order valence-electron chi connectivity index (χ3n) is 3.16. The summed E-state index contributed by atoms with van der Waals surface area (Å²) in [5, 5.41) is 0. The van der Waals surface area contributed by atoms with Gasteiger partial charge in [0.05, 0.1) is 30.4 Å². The number of halogens is 4. The first-order chi connectivity index (χ1) is 11.6. The van der Waals surface area contributed by atoms with Crippen molar-refractivity contribution in [1.29, 1.82) is 0 Å². The maximum absolute atomic E-state index is 12.9. The van der Waals surface area contributed by atoms with Crippen molar-refractivity contribution < 1.29 is 31.1 Å². The first-order valence-electron chi connectivity index (χ1n) is 6.69. The van der Waals surface area contributed by atoms with E-state index in [0.29, 0.717) is 11.8 Å². The number of methoxy groups -OCH3 is 2. The van der Waals surface area contributed by atoms with Crippen LogP contribution in [0.15, 0.2) is 45.8 Å². The van der Waals surface area contributed by atoms with Gasteiger partial charge in [-0.1, -0.05) is 15.9 Å². The van der Waals surface area contributed by atoms with Crippen molar-refractivity contribution in [3.05, 3.63) is 46.4 Å². The van der Waals surface area contributed by atoms with Crippen molar-refractivity contribution in [3.63, 3.8) is 0 Å². The summed E-state index contributed by atoms with van der Waals surface area (Å²) < 4.78 is 76.0. The summed E-state index contributed by atoms with van der Waals surface area (Å²) in [6.45, 7) is 0.